The van der Waals surface area contributed by atoms with Gasteiger partial charge in [0.25, 0.3) is 11.8 Å². The summed E-state index contributed by atoms with van der Waals surface area (Å²) in [7, 11) is 3.13. The van der Waals surface area contributed by atoms with Crippen LogP contribution in [0.15, 0.2) is 42.5 Å². The predicted octanol–water partition coefficient (Wildman–Crippen LogP) is 3.88. The first-order chi connectivity index (χ1) is 15.8. The number of ether oxygens (including phenoxy) is 2. The first-order valence-electron chi connectivity index (χ1n) is 11.5. The minimum Gasteiger partial charge on any atom is -0.497 e. The van der Waals surface area contributed by atoms with Gasteiger partial charge in [-0.05, 0) is 49.9 Å². The Morgan fingerprint density at radius 2 is 1.55 bits per heavy atom. The molecule has 0 bridgehead atoms. The number of carbonyl (C=O) groups is 2. The average molecular weight is 454 g/mol. The Morgan fingerprint density at radius 3 is 2.12 bits per heavy atom. The van der Waals surface area contributed by atoms with Crippen LogP contribution in [0, 0.1) is 5.92 Å². The zero-order valence-corrected chi connectivity index (χ0v) is 20.2. The molecule has 0 aromatic heterocycles. The number of para-hydroxylation sites is 1. The molecule has 0 spiro atoms. The third-order valence-electron chi connectivity index (χ3n) is 6.29. The summed E-state index contributed by atoms with van der Waals surface area (Å²) >= 11 is 0. The molecular formula is C26H35N3O4. The van der Waals surface area contributed by atoms with E-state index in [1.807, 2.05) is 31.2 Å². The van der Waals surface area contributed by atoms with E-state index in [-0.39, 0.29) is 23.9 Å². The number of benzene rings is 2. The van der Waals surface area contributed by atoms with Crippen molar-refractivity contribution >= 4 is 17.5 Å². The van der Waals surface area contributed by atoms with Crippen molar-refractivity contribution in [2.75, 3.05) is 32.2 Å². The number of hydrogen-bond donors (Lipinski definition) is 2. The monoisotopic (exact) mass is 453 g/mol. The van der Waals surface area contributed by atoms with E-state index in [2.05, 4.69) is 29.4 Å². The average Bonchev–Trinajstić information content (AvgIpc) is 2.83. The molecule has 0 aliphatic carbocycles. The number of piperidine rings is 1. The van der Waals surface area contributed by atoms with Crippen LogP contribution in [-0.4, -0.2) is 51.2 Å². The lowest BCUT2D eigenvalue weighted by molar-refractivity contribution is 0.0924. The second-order valence-corrected chi connectivity index (χ2v) is 8.86. The fourth-order valence-corrected chi connectivity index (χ4v) is 3.86. The Balaban J connectivity index is 1.63. The molecule has 3 rings (SSSR count). The fraction of sp³-hybridized carbons (Fsp3) is 0.462. The molecule has 1 aliphatic rings. The first kappa shape index (κ1) is 24.4. The van der Waals surface area contributed by atoms with Crippen LogP contribution in [0.25, 0.3) is 0 Å². The van der Waals surface area contributed by atoms with Crippen LogP contribution in [0.5, 0.6) is 11.5 Å². The molecule has 2 aromatic rings. The molecule has 0 saturated carbocycles. The van der Waals surface area contributed by atoms with E-state index in [4.69, 9.17) is 9.47 Å². The van der Waals surface area contributed by atoms with Gasteiger partial charge in [-0.2, -0.15) is 0 Å². The van der Waals surface area contributed by atoms with E-state index in [1.165, 1.54) is 0 Å². The number of anilines is 1. The van der Waals surface area contributed by atoms with Crippen molar-refractivity contribution in [3.05, 3.63) is 53.6 Å². The maximum absolute atomic E-state index is 12.9. The van der Waals surface area contributed by atoms with Crippen LogP contribution >= 0.6 is 0 Å². The molecule has 178 valence electrons. The summed E-state index contributed by atoms with van der Waals surface area (Å²) in [5.41, 5.74) is 2.14. The quantitative estimate of drug-likeness (QED) is 0.634. The highest BCUT2D eigenvalue weighted by molar-refractivity contribution is 6.00. The summed E-state index contributed by atoms with van der Waals surface area (Å²) in [5, 5.41) is 6.23. The van der Waals surface area contributed by atoms with Gasteiger partial charge in [0, 0.05) is 42.5 Å². The molecule has 7 heteroatoms. The summed E-state index contributed by atoms with van der Waals surface area (Å²) in [6.45, 7) is 7.74. The lowest BCUT2D eigenvalue weighted by atomic mass is 10.0. The highest BCUT2D eigenvalue weighted by atomic mass is 16.5. The number of methoxy groups -OCH3 is 2. The zero-order chi connectivity index (χ0) is 24.0. The van der Waals surface area contributed by atoms with Crippen LogP contribution in [0.4, 0.5) is 5.69 Å². The van der Waals surface area contributed by atoms with Crippen molar-refractivity contribution in [1.29, 1.82) is 0 Å². The van der Waals surface area contributed by atoms with Gasteiger partial charge in [0.2, 0.25) is 0 Å². The van der Waals surface area contributed by atoms with E-state index in [0.717, 1.165) is 31.6 Å². The lowest BCUT2D eigenvalue weighted by Crippen LogP contribution is -2.45. The summed E-state index contributed by atoms with van der Waals surface area (Å²) < 4.78 is 10.5. The molecule has 1 saturated heterocycles. The number of rotatable bonds is 8. The number of amides is 2. The summed E-state index contributed by atoms with van der Waals surface area (Å²) in [5.74, 6) is 1.33. The van der Waals surface area contributed by atoms with E-state index in [0.29, 0.717) is 28.5 Å². The van der Waals surface area contributed by atoms with Crippen LogP contribution in [0.3, 0.4) is 0 Å². The molecular weight excluding hydrogens is 418 g/mol. The van der Waals surface area contributed by atoms with E-state index in [9.17, 15) is 9.59 Å². The molecule has 1 heterocycles. The van der Waals surface area contributed by atoms with Crippen LogP contribution < -0.4 is 25.0 Å². The Kier molecular flexibility index (Phi) is 8.20. The highest BCUT2D eigenvalue weighted by Crippen LogP contribution is 2.26. The van der Waals surface area contributed by atoms with Gasteiger partial charge in [0.05, 0.1) is 19.8 Å². The first-order valence-corrected chi connectivity index (χ1v) is 11.5. The number of hydrogen-bond acceptors (Lipinski definition) is 5. The van der Waals surface area contributed by atoms with Crippen molar-refractivity contribution in [2.45, 2.75) is 45.7 Å². The van der Waals surface area contributed by atoms with Crippen molar-refractivity contribution in [1.82, 2.24) is 10.6 Å². The molecule has 2 amide bonds. The number of carbonyl (C=O) groups excluding carboxylic acids is 2. The van der Waals surface area contributed by atoms with Gasteiger partial charge in [0.1, 0.15) is 11.5 Å². The standard InChI is InChI=1S/C26H35N3O4/c1-17(2)18(3)27-26(31)23-8-6-7-9-24(23)29-12-10-20(11-13-29)28-25(30)19-14-21(32-4)16-22(15-19)33-5/h6-9,14-18,20H,10-13H2,1-5H3,(H,27,31)(H,28,30). The second kappa shape index (κ2) is 11.1. The second-order valence-electron chi connectivity index (χ2n) is 8.86. The smallest absolute Gasteiger partial charge is 0.253 e. The summed E-state index contributed by atoms with van der Waals surface area (Å²) in [6.07, 6.45) is 1.59. The molecule has 1 atom stereocenters. The number of nitrogens with zero attached hydrogens (tertiary/aromatic N) is 1. The van der Waals surface area contributed by atoms with Gasteiger partial charge in [-0.1, -0.05) is 26.0 Å². The third kappa shape index (κ3) is 6.18. The Labute approximate surface area is 196 Å². The molecule has 1 aliphatic heterocycles. The maximum Gasteiger partial charge on any atom is 0.253 e. The number of nitrogens with one attached hydrogen (secondary N) is 2. The van der Waals surface area contributed by atoms with Crippen molar-refractivity contribution in [2.24, 2.45) is 5.92 Å². The largest absolute Gasteiger partial charge is 0.497 e. The Bertz CT molecular complexity index is 946. The molecule has 1 unspecified atom stereocenters. The predicted molar refractivity (Wildman–Crippen MR) is 130 cm³/mol. The van der Waals surface area contributed by atoms with Crippen LogP contribution in [0.1, 0.15) is 54.3 Å². The Hall–Kier alpha value is -3.22. The molecule has 2 N–H and O–H groups in total. The SMILES string of the molecule is COc1cc(OC)cc(C(=O)NC2CCN(c3ccccc3C(=O)NC(C)C(C)C)CC2)c1. The van der Waals surface area contributed by atoms with E-state index in [1.54, 1.807) is 32.4 Å². The Morgan fingerprint density at radius 1 is 0.939 bits per heavy atom. The van der Waals surface area contributed by atoms with Crippen LogP contribution in [0.2, 0.25) is 0 Å². The molecule has 0 radical (unpaired) electrons. The van der Waals surface area contributed by atoms with Crippen molar-refractivity contribution in [3.8, 4) is 11.5 Å². The van der Waals surface area contributed by atoms with Gasteiger partial charge < -0.3 is 25.0 Å². The summed E-state index contributed by atoms with van der Waals surface area (Å²) in [4.78, 5) is 27.9. The topological polar surface area (TPSA) is 79.9 Å². The van der Waals surface area contributed by atoms with Gasteiger partial charge in [-0.3, -0.25) is 9.59 Å². The van der Waals surface area contributed by atoms with Crippen LogP contribution in [-0.2, 0) is 0 Å². The minimum atomic E-state index is -0.145. The van der Waals surface area contributed by atoms with E-state index < -0.39 is 0 Å². The van der Waals surface area contributed by atoms with Gasteiger partial charge in [-0.15, -0.1) is 0 Å². The normalized spacial score (nSPS) is 15.2. The van der Waals surface area contributed by atoms with Crippen molar-refractivity contribution < 1.29 is 19.1 Å². The maximum atomic E-state index is 12.9. The van der Waals surface area contributed by atoms with Gasteiger partial charge in [0.15, 0.2) is 0 Å². The van der Waals surface area contributed by atoms with E-state index >= 15 is 0 Å². The highest BCUT2D eigenvalue weighted by Gasteiger charge is 2.25. The molecule has 2 aromatic carbocycles. The fourth-order valence-electron chi connectivity index (χ4n) is 3.86. The molecule has 1 fully saturated rings. The lowest BCUT2D eigenvalue weighted by Gasteiger charge is -2.35. The zero-order valence-electron chi connectivity index (χ0n) is 20.2. The third-order valence-corrected chi connectivity index (χ3v) is 6.29. The van der Waals surface area contributed by atoms with Gasteiger partial charge >= 0.3 is 0 Å². The molecule has 7 nitrogen and oxygen atoms in total. The minimum absolute atomic E-state index is 0.0470. The summed E-state index contributed by atoms with van der Waals surface area (Å²) in [6, 6.07) is 13.0. The van der Waals surface area contributed by atoms with Gasteiger partial charge in [-0.25, -0.2) is 0 Å². The van der Waals surface area contributed by atoms with Crippen molar-refractivity contribution in [3.63, 3.8) is 0 Å². The molecule has 33 heavy (non-hydrogen) atoms.